The zero-order chi connectivity index (χ0) is 15.4. The maximum absolute atomic E-state index is 13.3. The Bertz CT molecular complexity index is 587. The number of β-amino-alcohol motifs (C(OH)–C–C–N with tert-alkyl or cyclic N) is 1. The fraction of sp³-hybridized carbons (Fsp3) is 0.471. The number of benzene rings is 1. The zero-order valence-corrected chi connectivity index (χ0v) is 12.6. The van der Waals surface area contributed by atoms with E-state index in [1.54, 1.807) is 18.3 Å². The lowest BCUT2D eigenvalue weighted by Crippen LogP contribution is -2.44. The molecule has 3 rings (SSSR count). The Morgan fingerprint density at radius 1 is 1.32 bits per heavy atom. The lowest BCUT2D eigenvalue weighted by atomic mass is 10.00. The molecule has 1 saturated heterocycles. The van der Waals surface area contributed by atoms with Gasteiger partial charge in [0.2, 0.25) is 0 Å². The van der Waals surface area contributed by atoms with Crippen molar-refractivity contribution in [1.29, 1.82) is 0 Å². The van der Waals surface area contributed by atoms with Crippen molar-refractivity contribution in [3.05, 3.63) is 54.1 Å². The van der Waals surface area contributed by atoms with Gasteiger partial charge < -0.3 is 5.11 Å². The van der Waals surface area contributed by atoms with Crippen molar-refractivity contribution in [1.82, 2.24) is 14.7 Å². The SMILES string of the molecule is O[C@H](CN1CCCC[C@@H]1Cn1cccn1)c1cccc(F)c1. The Morgan fingerprint density at radius 3 is 3.00 bits per heavy atom. The van der Waals surface area contributed by atoms with Gasteiger partial charge in [-0.15, -0.1) is 0 Å². The lowest BCUT2D eigenvalue weighted by molar-refractivity contribution is 0.0590. The van der Waals surface area contributed by atoms with E-state index < -0.39 is 6.10 Å². The first-order valence-corrected chi connectivity index (χ1v) is 7.87. The van der Waals surface area contributed by atoms with Crippen molar-refractivity contribution >= 4 is 0 Å². The molecule has 1 aromatic heterocycles. The van der Waals surface area contributed by atoms with Crippen molar-refractivity contribution in [2.45, 2.75) is 38.0 Å². The molecule has 1 aliphatic rings. The molecule has 2 heterocycles. The number of hydrogen-bond acceptors (Lipinski definition) is 3. The number of piperidine rings is 1. The van der Waals surface area contributed by atoms with E-state index in [4.69, 9.17) is 0 Å². The Hall–Kier alpha value is -1.72. The van der Waals surface area contributed by atoms with E-state index in [9.17, 15) is 9.50 Å². The van der Waals surface area contributed by atoms with Crippen LogP contribution in [0.4, 0.5) is 4.39 Å². The van der Waals surface area contributed by atoms with E-state index in [0.717, 1.165) is 25.9 Å². The second kappa shape index (κ2) is 7.03. The summed E-state index contributed by atoms with van der Waals surface area (Å²) in [6.45, 7) is 2.34. The predicted molar refractivity (Wildman–Crippen MR) is 82.8 cm³/mol. The second-order valence-electron chi connectivity index (χ2n) is 5.94. The van der Waals surface area contributed by atoms with Crippen molar-refractivity contribution in [2.75, 3.05) is 13.1 Å². The summed E-state index contributed by atoms with van der Waals surface area (Å²) in [5.74, 6) is -0.303. The van der Waals surface area contributed by atoms with Gasteiger partial charge in [0.05, 0.1) is 12.6 Å². The second-order valence-corrected chi connectivity index (χ2v) is 5.94. The van der Waals surface area contributed by atoms with Crippen LogP contribution >= 0.6 is 0 Å². The molecule has 5 heteroatoms. The molecule has 0 spiro atoms. The smallest absolute Gasteiger partial charge is 0.123 e. The van der Waals surface area contributed by atoms with Gasteiger partial charge >= 0.3 is 0 Å². The number of rotatable bonds is 5. The van der Waals surface area contributed by atoms with E-state index in [2.05, 4.69) is 10.00 Å². The zero-order valence-electron chi connectivity index (χ0n) is 12.6. The van der Waals surface area contributed by atoms with Crippen LogP contribution in [0.5, 0.6) is 0 Å². The van der Waals surface area contributed by atoms with Crippen LogP contribution < -0.4 is 0 Å². The maximum atomic E-state index is 13.3. The van der Waals surface area contributed by atoms with Crippen LogP contribution in [-0.4, -0.2) is 38.9 Å². The van der Waals surface area contributed by atoms with E-state index in [1.807, 2.05) is 16.9 Å². The fourth-order valence-electron chi connectivity index (χ4n) is 3.17. The minimum Gasteiger partial charge on any atom is -0.387 e. The van der Waals surface area contributed by atoms with Gasteiger partial charge in [0.15, 0.2) is 0 Å². The van der Waals surface area contributed by atoms with Crippen LogP contribution in [0.15, 0.2) is 42.7 Å². The Balaban J connectivity index is 1.65. The summed E-state index contributed by atoms with van der Waals surface area (Å²) in [4.78, 5) is 2.31. The number of likely N-dealkylation sites (tertiary alicyclic amines) is 1. The topological polar surface area (TPSA) is 41.3 Å². The molecule has 118 valence electrons. The van der Waals surface area contributed by atoms with Gasteiger partial charge in [-0.25, -0.2) is 4.39 Å². The average molecular weight is 303 g/mol. The average Bonchev–Trinajstić information content (AvgIpc) is 3.02. The molecule has 0 saturated carbocycles. The summed E-state index contributed by atoms with van der Waals surface area (Å²) in [6, 6.07) is 8.53. The molecule has 1 aliphatic heterocycles. The third kappa shape index (κ3) is 3.72. The van der Waals surface area contributed by atoms with Crippen molar-refractivity contribution < 1.29 is 9.50 Å². The van der Waals surface area contributed by atoms with Gasteiger partial charge in [0, 0.05) is 25.0 Å². The molecule has 4 nitrogen and oxygen atoms in total. The number of hydrogen-bond donors (Lipinski definition) is 1. The molecule has 0 amide bonds. The fourth-order valence-corrected chi connectivity index (χ4v) is 3.17. The minimum absolute atomic E-state index is 0.303. The standard InChI is InChI=1S/C17H22FN3O/c18-15-6-3-5-14(11-15)17(22)13-20-9-2-1-7-16(20)12-21-10-4-8-19-21/h3-6,8,10-11,16-17,22H,1-2,7,9,12-13H2/t16-,17-/m1/s1. The van der Waals surface area contributed by atoms with Crippen molar-refractivity contribution in [3.63, 3.8) is 0 Å². The van der Waals surface area contributed by atoms with Gasteiger partial charge in [-0.2, -0.15) is 5.10 Å². The lowest BCUT2D eigenvalue weighted by Gasteiger charge is -2.36. The molecule has 2 atom stereocenters. The summed E-state index contributed by atoms with van der Waals surface area (Å²) < 4.78 is 15.2. The van der Waals surface area contributed by atoms with Crippen LogP contribution in [0.1, 0.15) is 30.9 Å². The van der Waals surface area contributed by atoms with Crippen LogP contribution in [0.25, 0.3) is 0 Å². The summed E-state index contributed by atoms with van der Waals surface area (Å²) in [6.07, 6.45) is 6.55. The van der Waals surface area contributed by atoms with Gasteiger partial charge in [-0.3, -0.25) is 9.58 Å². The number of halogens is 1. The first-order valence-electron chi connectivity index (χ1n) is 7.87. The maximum Gasteiger partial charge on any atom is 0.123 e. The molecule has 1 fully saturated rings. The number of nitrogens with zero attached hydrogens (tertiary/aromatic N) is 3. The molecule has 1 aromatic carbocycles. The van der Waals surface area contributed by atoms with E-state index in [0.29, 0.717) is 18.2 Å². The van der Waals surface area contributed by atoms with E-state index in [-0.39, 0.29) is 5.82 Å². The summed E-state index contributed by atoms with van der Waals surface area (Å²) in [7, 11) is 0. The molecule has 0 radical (unpaired) electrons. The van der Waals surface area contributed by atoms with Gasteiger partial charge in [0.1, 0.15) is 5.82 Å². The monoisotopic (exact) mass is 303 g/mol. The van der Waals surface area contributed by atoms with Crippen molar-refractivity contribution in [3.8, 4) is 0 Å². The molecule has 0 bridgehead atoms. The normalized spacial score (nSPS) is 20.9. The predicted octanol–water partition coefficient (Wildman–Crippen LogP) is 2.61. The highest BCUT2D eigenvalue weighted by Gasteiger charge is 2.25. The summed E-state index contributed by atoms with van der Waals surface area (Å²) in [5, 5.41) is 14.7. The molecule has 1 N–H and O–H groups in total. The van der Waals surface area contributed by atoms with Crippen LogP contribution in [0, 0.1) is 5.82 Å². The first kappa shape index (κ1) is 15.2. The Morgan fingerprint density at radius 2 is 2.23 bits per heavy atom. The number of aliphatic hydroxyl groups is 1. The highest BCUT2D eigenvalue weighted by atomic mass is 19.1. The first-order chi connectivity index (χ1) is 10.7. The third-order valence-corrected chi connectivity index (χ3v) is 4.35. The van der Waals surface area contributed by atoms with E-state index in [1.165, 1.54) is 18.6 Å². The van der Waals surface area contributed by atoms with Gasteiger partial charge in [-0.1, -0.05) is 18.6 Å². The third-order valence-electron chi connectivity index (χ3n) is 4.35. The van der Waals surface area contributed by atoms with Crippen LogP contribution in [-0.2, 0) is 6.54 Å². The Labute approximate surface area is 130 Å². The number of aromatic nitrogens is 2. The Kier molecular flexibility index (Phi) is 4.85. The molecule has 0 unspecified atom stereocenters. The molecular weight excluding hydrogens is 281 g/mol. The largest absolute Gasteiger partial charge is 0.387 e. The van der Waals surface area contributed by atoms with Crippen molar-refractivity contribution in [2.24, 2.45) is 0 Å². The van der Waals surface area contributed by atoms with Gasteiger partial charge in [0.25, 0.3) is 0 Å². The molecule has 22 heavy (non-hydrogen) atoms. The summed E-state index contributed by atoms with van der Waals surface area (Å²) >= 11 is 0. The minimum atomic E-state index is -0.658. The molecule has 2 aromatic rings. The highest BCUT2D eigenvalue weighted by molar-refractivity contribution is 5.19. The molecule has 0 aliphatic carbocycles. The van der Waals surface area contributed by atoms with Crippen LogP contribution in [0.3, 0.4) is 0 Å². The van der Waals surface area contributed by atoms with Gasteiger partial charge in [-0.05, 0) is 43.1 Å². The highest BCUT2D eigenvalue weighted by Crippen LogP contribution is 2.23. The quantitative estimate of drug-likeness (QED) is 0.923. The summed E-state index contributed by atoms with van der Waals surface area (Å²) in [5.41, 5.74) is 0.642. The van der Waals surface area contributed by atoms with E-state index >= 15 is 0 Å². The number of aliphatic hydroxyl groups excluding tert-OH is 1. The molecular formula is C17H22FN3O. The van der Waals surface area contributed by atoms with Crippen LogP contribution in [0.2, 0.25) is 0 Å².